The van der Waals surface area contributed by atoms with E-state index in [9.17, 15) is 19.2 Å². The number of aromatic amines is 2. The first-order valence-electron chi connectivity index (χ1n) is 14.5. The molecule has 0 bridgehead atoms. The van der Waals surface area contributed by atoms with Crippen molar-refractivity contribution < 1.29 is 14.3 Å². The van der Waals surface area contributed by atoms with Crippen molar-refractivity contribution in [2.75, 3.05) is 31.1 Å². The normalized spacial score (nSPS) is 13.1. The van der Waals surface area contributed by atoms with E-state index in [1.807, 2.05) is 0 Å². The van der Waals surface area contributed by atoms with Gasteiger partial charge in [-0.3, -0.25) is 19.2 Å². The highest BCUT2D eigenvalue weighted by Crippen LogP contribution is 2.19. The van der Waals surface area contributed by atoms with E-state index in [0.29, 0.717) is 65.2 Å². The Morgan fingerprint density at radius 3 is 2.24 bits per heavy atom. The standard InChI is InChI=1S/C32H28N8O5/c33-18-20-5-10-28(34-19-20)39-13-15-40(16-14-39)29(41)11-8-26-36-25-17-21(6-7-23(25)32(44)37-26)45-30(42)12-9-27-35-24-4-2-1-3-22(24)31(43)38-27/h1-7,10,17,19H,8-9,11-16H2,(H,35,38,43)(H,36,37,44). The first-order valence-corrected chi connectivity index (χ1v) is 14.5. The molecule has 3 aromatic heterocycles. The monoisotopic (exact) mass is 604 g/mol. The van der Waals surface area contributed by atoms with Crippen LogP contribution in [0.3, 0.4) is 0 Å². The Morgan fingerprint density at radius 2 is 1.53 bits per heavy atom. The molecule has 0 aliphatic carbocycles. The van der Waals surface area contributed by atoms with E-state index in [2.05, 4.69) is 35.9 Å². The third-order valence-electron chi connectivity index (χ3n) is 7.60. The number of rotatable bonds is 8. The number of ether oxygens (including phenoxy) is 1. The summed E-state index contributed by atoms with van der Waals surface area (Å²) in [6, 6.07) is 17.1. The Hall–Kier alpha value is -5.90. The van der Waals surface area contributed by atoms with Gasteiger partial charge >= 0.3 is 5.97 Å². The second kappa shape index (κ2) is 12.8. The van der Waals surface area contributed by atoms with Crippen molar-refractivity contribution in [2.24, 2.45) is 0 Å². The highest BCUT2D eigenvalue weighted by Gasteiger charge is 2.22. The van der Waals surface area contributed by atoms with E-state index >= 15 is 0 Å². The van der Waals surface area contributed by atoms with Crippen LogP contribution in [0.4, 0.5) is 5.82 Å². The van der Waals surface area contributed by atoms with Gasteiger partial charge in [-0.2, -0.15) is 5.26 Å². The number of para-hydroxylation sites is 1. The van der Waals surface area contributed by atoms with Gasteiger partial charge in [0, 0.05) is 57.7 Å². The predicted octanol–water partition coefficient (Wildman–Crippen LogP) is 2.25. The van der Waals surface area contributed by atoms with Crippen molar-refractivity contribution in [1.29, 1.82) is 5.26 Å². The van der Waals surface area contributed by atoms with E-state index in [1.165, 1.54) is 24.4 Å². The molecule has 5 aromatic rings. The maximum absolute atomic E-state index is 12.9. The molecule has 0 unspecified atom stereocenters. The summed E-state index contributed by atoms with van der Waals surface area (Å²) in [6.07, 6.45) is 2.11. The van der Waals surface area contributed by atoms with Gasteiger partial charge in [-0.25, -0.2) is 15.0 Å². The quantitative estimate of drug-likeness (QED) is 0.197. The third kappa shape index (κ3) is 6.70. The van der Waals surface area contributed by atoms with Crippen LogP contribution >= 0.6 is 0 Å². The second-order valence-corrected chi connectivity index (χ2v) is 10.6. The predicted molar refractivity (Wildman–Crippen MR) is 165 cm³/mol. The smallest absolute Gasteiger partial charge is 0.311 e. The molecule has 1 aliphatic heterocycles. The molecule has 0 saturated carbocycles. The molecule has 1 saturated heterocycles. The number of H-pyrrole nitrogens is 2. The van der Waals surface area contributed by atoms with Crippen LogP contribution in [-0.2, 0) is 22.4 Å². The Labute approximate surface area is 256 Å². The Bertz CT molecular complexity index is 2060. The molecular weight excluding hydrogens is 576 g/mol. The van der Waals surface area contributed by atoms with Crippen LogP contribution in [0.1, 0.15) is 30.1 Å². The van der Waals surface area contributed by atoms with Gasteiger partial charge in [0.15, 0.2) is 0 Å². The van der Waals surface area contributed by atoms with Crippen LogP contribution in [0, 0.1) is 11.3 Å². The number of esters is 1. The number of nitrogens with one attached hydrogen (secondary N) is 2. The second-order valence-electron chi connectivity index (χ2n) is 10.6. The van der Waals surface area contributed by atoms with Crippen LogP contribution < -0.4 is 20.8 Å². The van der Waals surface area contributed by atoms with Crippen LogP contribution in [0.2, 0.25) is 0 Å². The number of aryl methyl sites for hydroxylation is 2. The zero-order valence-electron chi connectivity index (χ0n) is 24.2. The molecule has 0 atom stereocenters. The fourth-order valence-corrected chi connectivity index (χ4v) is 5.21. The summed E-state index contributed by atoms with van der Waals surface area (Å²) >= 11 is 0. The number of piperazine rings is 1. The Morgan fingerprint density at radius 1 is 0.844 bits per heavy atom. The van der Waals surface area contributed by atoms with E-state index < -0.39 is 5.97 Å². The fourth-order valence-electron chi connectivity index (χ4n) is 5.21. The van der Waals surface area contributed by atoms with Gasteiger partial charge < -0.3 is 24.5 Å². The number of carbonyl (C=O) groups is 2. The fraction of sp³-hybridized carbons (Fsp3) is 0.250. The Kier molecular flexibility index (Phi) is 8.28. The number of hydrogen-bond donors (Lipinski definition) is 2. The molecule has 226 valence electrons. The van der Waals surface area contributed by atoms with Gasteiger partial charge in [-0.1, -0.05) is 12.1 Å². The van der Waals surface area contributed by atoms with E-state index in [0.717, 1.165) is 5.82 Å². The van der Waals surface area contributed by atoms with E-state index in [1.54, 1.807) is 41.3 Å². The minimum absolute atomic E-state index is 0.0201. The van der Waals surface area contributed by atoms with Gasteiger partial charge in [0.2, 0.25) is 5.91 Å². The van der Waals surface area contributed by atoms with Gasteiger partial charge in [-0.15, -0.1) is 0 Å². The van der Waals surface area contributed by atoms with Gasteiger partial charge in [-0.05, 0) is 36.4 Å². The summed E-state index contributed by atoms with van der Waals surface area (Å²) in [5.41, 5.74) is 0.765. The highest BCUT2D eigenvalue weighted by atomic mass is 16.5. The van der Waals surface area contributed by atoms with Gasteiger partial charge in [0.05, 0.1) is 33.8 Å². The summed E-state index contributed by atoms with van der Waals surface area (Å²) < 4.78 is 5.48. The van der Waals surface area contributed by atoms with Crippen LogP contribution in [0.25, 0.3) is 21.8 Å². The molecule has 45 heavy (non-hydrogen) atoms. The zero-order chi connectivity index (χ0) is 31.3. The number of anilines is 1. The van der Waals surface area contributed by atoms with Crippen molar-refractivity contribution in [3.05, 3.63) is 98.7 Å². The van der Waals surface area contributed by atoms with Crippen LogP contribution in [0.15, 0.2) is 70.4 Å². The first kappa shape index (κ1) is 29.2. The summed E-state index contributed by atoms with van der Waals surface area (Å²) in [5, 5.41) is 9.76. The van der Waals surface area contributed by atoms with Crippen molar-refractivity contribution in [2.45, 2.75) is 25.7 Å². The molecule has 13 heteroatoms. The minimum atomic E-state index is -0.532. The molecule has 1 fully saturated rings. The number of nitrogens with zero attached hydrogens (tertiary/aromatic N) is 6. The van der Waals surface area contributed by atoms with Crippen LogP contribution in [-0.4, -0.2) is 67.9 Å². The number of aromatic nitrogens is 5. The summed E-state index contributed by atoms with van der Waals surface area (Å²) in [6.45, 7) is 2.30. The molecule has 0 radical (unpaired) electrons. The molecule has 6 rings (SSSR count). The minimum Gasteiger partial charge on any atom is -0.426 e. The van der Waals surface area contributed by atoms with E-state index in [4.69, 9.17) is 10.00 Å². The number of fused-ring (bicyclic) bond motifs is 2. The highest BCUT2D eigenvalue weighted by molar-refractivity contribution is 5.81. The molecule has 13 nitrogen and oxygen atoms in total. The molecule has 4 heterocycles. The van der Waals surface area contributed by atoms with Gasteiger partial charge in [0.1, 0.15) is 29.3 Å². The number of pyridine rings is 1. The summed E-state index contributed by atoms with van der Waals surface area (Å²) in [7, 11) is 0. The summed E-state index contributed by atoms with van der Waals surface area (Å²) in [5.74, 6) is 1.15. The molecule has 0 spiro atoms. The molecule has 2 aromatic carbocycles. The number of benzene rings is 2. The molecular formula is C32H28N8O5. The van der Waals surface area contributed by atoms with Crippen molar-refractivity contribution in [3.63, 3.8) is 0 Å². The molecule has 1 amide bonds. The lowest BCUT2D eigenvalue weighted by atomic mass is 10.2. The molecule has 1 aliphatic rings. The van der Waals surface area contributed by atoms with E-state index in [-0.39, 0.29) is 48.5 Å². The van der Waals surface area contributed by atoms with Crippen molar-refractivity contribution in [3.8, 4) is 11.8 Å². The van der Waals surface area contributed by atoms with Crippen LogP contribution in [0.5, 0.6) is 5.75 Å². The topological polar surface area (TPSA) is 178 Å². The lowest BCUT2D eigenvalue weighted by Crippen LogP contribution is -2.49. The number of nitriles is 1. The number of amides is 1. The third-order valence-corrected chi connectivity index (χ3v) is 7.60. The average Bonchev–Trinajstić information content (AvgIpc) is 3.06. The summed E-state index contributed by atoms with van der Waals surface area (Å²) in [4.78, 5) is 73.0. The number of carbonyl (C=O) groups excluding carboxylic acids is 2. The number of hydrogen-bond acceptors (Lipinski definition) is 10. The zero-order valence-corrected chi connectivity index (χ0v) is 24.2. The average molecular weight is 605 g/mol. The SMILES string of the molecule is N#Cc1ccc(N2CCN(C(=O)CCc3nc4cc(OC(=O)CCc5nc6ccccc6c(=O)[nH]5)ccc4c(=O)[nH]3)CC2)nc1. The maximum atomic E-state index is 12.9. The van der Waals surface area contributed by atoms with Crippen molar-refractivity contribution >= 4 is 39.5 Å². The van der Waals surface area contributed by atoms with Gasteiger partial charge in [0.25, 0.3) is 11.1 Å². The Balaban J connectivity index is 1.04. The lowest BCUT2D eigenvalue weighted by molar-refractivity contribution is -0.134. The lowest BCUT2D eigenvalue weighted by Gasteiger charge is -2.35. The molecule has 2 N–H and O–H groups in total. The first-order chi connectivity index (χ1) is 21.9. The largest absolute Gasteiger partial charge is 0.426 e. The maximum Gasteiger partial charge on any atom is 0.311 e. The van der Waals surface area contributed by atoms with Crippen molar-refractivity contribution in [1.82, 2.24) is 29.8 Å².